The molecule has 0 aromatic carbocycles. The van der Waals surface area contributed by atoms with Gasteiger partial charge in [-0.2, -0.15) is 0 Å². The zero-order valence-electron chi connectivity index (χ0n) is 11.4. The minimum absolute atomic E-state index is 0.297. The van der Waals surface area contributed by atoms with Gasteiger partial charge in [0.15, 0.2) is 0 Å². The monoisotopic (exact) mass is 254 g/mol. The third-order valence-electron chi connectivity index (χ3n) is 2.24. The number of carbonyl (C=O) groups excluding carboxylic acids is 1. The van der Waals surface area contributed by atoms with Gasteiger partial charge in [-0.1, -0.05) is 27.0 Å². The molecule has 0 spiro atoms. The van der Waals surface area contributed by atoms with Gasteiger partial charge >= 0.3 is 11.9 Å². The Morgan fingerprint density at radius 3 is 2.06 bits per heavy atom. The molecule has 4 nitrogen and oxygen atoms in total. The van der Waals surface area contributed by atoms with Crippen LogP contribution in [0.2, 0.25) is 0 Å². The van der Waals surface area contributed by atoms with Crippen molar-refractivity contribution >= 4 is 11.9 Å². The maximum Gasteiger partial charge on any atom is 0.333 e. The predicted molar refractivity (Wildman–Crippen MR) is 70.1 cm³/mol. The van der Waals surface area contributed by atoms with E-state index in [0.717, 1.165) is 12.8 Å². The lowest BCUT2D eigenvalue weighted by Crippen LogP contribution is -2.09. The molecule has 0 unspecified atom stereocenters. The van der Waals surface area contributed by atoms with Gasteiger partial charge in [0.25, 0.3) is 0 Å². The zero-order chi connectivity index (χ0) is 14.3. The Morgan fingerprint density at radius 2 is 1.83 bits per heavy atom. The van der Waals surface area contributed by atoms with Crippen LogP contribution in [0.1, 0.15) is 33.6 Å². The lowest BCUT2D eigenvalue weighted by molar-refractivity contribution is -0.140. The van der Waals surface area contributed by atoms with Crippen LogP contribution in [-0.4, -0.2) is 23.7 Å². The summed E-state index contributed by atoms with van der Waals surface area (Å²) < 4.78 is 4.83. The van der Waals surface area contributed by atoms with Gasteiger partial charge in [-0.15, -0.1) is 0 Å². The Labute approximate surface area is 108 Å². The summed E-state index contributed by atoms with van der Waals surface area (Å²) >= 11 is 0. The number of carbonyl (C=O) groups is 2. The Bertz CT molecular complexity index is 338. The van der Waals surface area contributed by atoms with E-state index in [4.69, 9.17) is 9.84 Å². The first-order valence-corrected chi connectivity index (χ1v) is 6.00. The van der Waals surface area contributed by atoms with E-state index in [1.165, 1.54) is 0 Å². The highest BCUT2D eigenvalue weighted by Crippen LogP contribution is 2.35. The van der Waals surface area contributed by atoms with Crippen LogP contribution in [0.15, 0.2) is 24.3 Å². The van der Waals surface area contributed by atoms with Crippen LogP contribution in [0.4, 0.5) is 0 Å². The van der Waals surface area contributed by atoms with Crippen molar-refractivity contribution in [2.45, 2.75) is 33.6 Å². The minimum Gasteiger partial charge on any atom is -0.478 e. The van der Waals surface area contributed by atoms with Crippen LogP contribution in [0, 0.1) is 11.8 Å². The maximum absolute atomic E-state index is 10.7. The molecule has 0 bridgehead atoms. The molecular formula is C14H22O4. The number of esters is 1. The summed E-state index contributed by atoms with van der Waals surface area (Å²) in [6, 6.07) is 0. The summed E-state index contributed by atoms with van der Waals surface area (Å²) in [5.74, 6) is -0.447. The Hall–Kier alpha value is -1.58. The lowest BCUT2D eigenvalue weighted by Gasteiger charge is -2.05. The molecule has 18 heavy (non-hydrogen) atoms. The van der Waals surface area contributed by atoms with E-state index in [1.54, 1.807) is 6.92 Å². The molecule has 0 aromatic heterocycles. The molecule has 0 aromatic rings. The average molecular weight is 254 g/mol. The molecule has 102 valence electrons. The van der Waals surface area contributed by atoms with Gasteiger partial charge in [-0.3, -0.25) is 0 Å². The van der Waals surface area contributed by atoms with Crippen molar-refractivity contribution in [3.05, 3.63) is 24.3 Å². The quantitative estimate of drug-likeness (QED) is 0.605. The molecule has 0 atom stereocenters. The highest BCUT2D eigenvalue weighted by Gasteiger charge is 2.28. The van der Waals surface area contributed by atoms with E-state index in [0.29, 0.717) is 29.6 Å². The molecule has 1 fully saturated rings. The normalized spacial score (nSPS) is 13.3. The van der Waals surface area contributed by atoms with Crippen LogP contribution in [0.5, 0.6) is 0 Å². The van der Waals surface area contributed by atoms with Crippen LogP contribution in [-0.2, 0) is 14.3 Å². The first-order valence-electron chi connectivity index (χ1n) is 6.00. The van der Waals surface area contributed by atoms with Crippen molar-refractivity contribution in [2.75, 3.05) is 6.61 Å². The number of carboxylic acid groups (broad SMARTS) is 1. The van der Waals surface area contributed by atoms with Crippen molar-refractivity contribution in [3.8, 4) is 0 Å². The fourth-order valence-corrected chi connectivity index (χ4v) is 0.972. The van der Waals surface area contributed by atoms with Gasteiger partial charge in [0.1, 0.15) is 0 Å². The second kappa shape index (κ2) is 7.69. The van der Waals surface area contributed by atoms with Crippen molar-refractivity contribution in [1.29, 1.82) is 0 Å². The molecule has 0 amide bonds. The van der Waals surface area contributed by atoms with Crippen molar-refractivity contribution in [2.24, 2.45) is 11.8 Å². The van der Waals surface area contributed by atoms with Gasteiger partial charge in [-0.05, 0) is 31.6 Å². The standard InChI is InChI=1S/C8H14O2.C6H8O2/c1-6(2)5-10-8(9)7(3)4;1-4(6(7)8)5-2-3-5/h6H,3,5H2,1-2,4H3;5H,1-3H2,(H,7,8). The molecule has 0 saturated heterocycles. The maximum atomic E-state index is 10.7. The molecule has 1 N–H and O–H groups in total. The second-order valence-corrected chi connectivity index (χ2v) is 4.88. The Balaban J connectivity index is 0.000000327. The molecule has 1 saturated carbocycles. The Morgan fingerprint density at radius 1 is 1.33 bits per heavy atom. The zero-order valence-corrected chi connectivity index (χ0v) is 11.4. The Kier molecular flexibility index (Phi) is 7.01. The van der Waals surface area contributed by atoms with Crippen LogP contribution in [0.3, 0.4) is 0 Å². The van der Waals surface area contributed by atoms with Crippen LogP contribution in [0.25, 0.3) is 0 Å². The fraction of sp³-hybridized carbons (Fsp3) is 0.571. The minimum atomic E-state index is -0.840. The molecule has 1 aliphatic carbocycles. The largest absolute Gasteiger partial charge is 0.478 e. The molecule has 0 radical (unpaired) electrons. The summed E-state index contributed by atoms with van der Waals surface area (Å²) in [7, 11) is 0. The van der Waals surface area contributed by atoms with E-state index in [1.807, 2.05) is 13.8 Å². The van der Waals surface area contributed by atoms with Gasteiger partial charge in [0, 0.05) is 11.1 Å². The smallest absolute Gasteiger partial charge is 0.333 e. The van der Waals surface area contributed by atoms with E-state index in [2.05, 4.69) is 13.2 Å². The number of carboxylic acids is 1. The average Bonchev–Trinajstić information content (AvgIpc) is 3.09. The number of hydrogen-bond acceptors (Lipinski definition) is 3. The van der Waals surface area contributed by atoms with Gasteiger partial charge < -0.3 is 9.84 Å². The van der Waals surface area contributed by atoms with Crippen molar-refractivity contribution in [1.82, 2.24) is 0 Å². The van der Waals surface area contributed by atoms with Crippen LogP contribution >= 0.6 is 0 Å². The number of aliphatic carboxylic acids is 1. The first-order chi connectivity index (χ1) is 8.25. The summed E-state index contributed by atoms with van der Waals surface area (Å²) in [6.45, 7) is 13.0. The van der Waals surface area contributed by atoms with Crippen molar-refractivity contribution < 1.29 is 19.4 Å². The van der Waals surface area contributed by atoms with Gasteiger partial charge in [0.2, 0.25) is 0 Å². The van der Waals surface area contributed by atoms with E-state index >= 15 is 0 Å². The summed E-state index contributed by atoms with van der Waals surface area (Å²) in [4.78, 5) is 20.8. The lowest BCUT2D eigenvalue weighted by atomic mass is 10.2. The summed E-state index contributed by atoms with van der Waals surface area (Å²) in [6.07, 6.45) is 2.04. The topological polar surface area (TPSA) is 63.6 Å². The summed E-state index contributed by atoms with van der Waals surface area (Å²) in [5, 5.41) is 8.29. The molecule has 0 aliphatic heterocycles. The van der Waals surface area contributed by atoms with E-state index in [-0.39, 0.29) is 5.97 Å². The van der Waals surface area contributed by atoms with Gasteiger partial charge in [0.05, 0.1) is 6.61 Å². The second-order valence-electron chi connectivity index (χ2n) is 4.88. The SMILES string of the molecule is C=C(C(=O)O)C1CC1.C=C(C)C(=O)OCC(C)C. The van der Waals surface area contributed by atoms with E-state index < -0.39 is 5.97 Å². The molecular weight excluding hydrogens is 232 g/mol. The van der Waals surface area contributed by atoms with Gasteiger partial charge in [-0.25, -0.2) is 9.59 Å². The molecule has 1 aliphatic rings. The molecule has 0 heterocycles. The third kappa shape index (κ3) is 7.65. The van der Waals surface area contributed by atoms with Crippen molar-refractivity contribution in [3.63, 3.8) is 0 Å². The third-order valence-corrected chi connectivity index (χ3v) is 2.24. The number of hydrogen-bond donors (Lipinski definition) is 1. The van der Waals surface area contributed by atoms with E-state index in [9.17, 15) is 9.59 Å². The highest BCUT2D eigenvalue weighted by atomic mass is 16.5. The highest BCUT2D eigenvalue weighted by molar-refractivity contribution is 5.87. The van der Waals surface area contributed by atoms with Crippen LogP contribution < -0.4 is 0 Å². The summed E-state index contributed by atoms with van der Waals surface area (Å²) in [5.41, 5.74) is 0.839. The molecule has 4 heteroatoms. The molecule has 1 rings (SSSR count). The number of ether oxygens (including phenoxy) is 1. The first kappa shape index (κ1) is 16.4. The number of rotatable bonds is 5. The fourth-order valence-electron chi connectivity index (χ4n) is 0.972. The predicted octanol–water partition coefficient (Wildman–Crippen LogP) is 2.80.